The number of piperidine rings is 1. The quantitative estimate of drug-likeness (QED) is 0.882. The number of sulfonamides is 1. The Kier molecular flexibility index (Phi) is 5.13. The van der Waals surface area contributed by atoms with E-state index in [1.165, 1.54) is 0 Å². The lowest BCUT2D eigenvalue weighted by atomic mass is 10.0. The molecule has 0 spiro atoms. The predicted octanol–water partition coefficient (Wildman–Crippen LogP) is 3.20. The molecule has 1 aromatic carbocycles. The van der Waals surface area contributed by atoms with Gasteiger partial charge in [-0.2, -0.15) is 4.31 Å². The van der Waals surface area contributed by atoms with Crippen LogP contribution in [0.3, 0.4) is 0 Å². The Morgan fingerprint density at radius 2 is 1.86 bits per heavy atom. The number of aryl methyl sites for hydroxylation is 1. The van der Waals surface area contributed by atoms with Gasteiger partial charge in [0, 0.05) is 16.6 Å². The van der Waals surface area contributed by atoms with Gasteiger partial charge in [-0.3, -0.25) is 0 Å². The van der Waals surface area contributed by atoms with Gasteiger partial charge in [-0.15, -0.1) is 0 Å². The molecule has 2 unspecified atom stereocenters. The zero-order chi connectivity index (χ0) is 15.8. The Morgan fingerprint density at radius 3 is 2.38 bits per heavy atom. The smallest absolute Gasteiger partial charge is 0.244 e. The van der Waals surface area contributed by atoms with E-state index in [1.54, 1.807) is 16.4 Å². The SMILES string of the molecule is Cc1cc(CO)cc(S(=O)(=O)N2C(C)CCCC2C)c1Br. The van der Waals surface area contributed by atoms with Crippen molar-refractivity contribution in [3.63, 3.8) is 0 Å². The minimum Gasteiger partial charge on any atom is -0.392 e. The number of rotatable bonds is 3. The van der Waals surface area contributed by atoms with Crippen LogP contribution >= 0.6 is 15.9 Å². The van der Waals surface area contributed by atoms with Gasteiger partial charge in [-0.05, 0) is 66.7 Å². The molecular formula is C15H22BrNO3S. The largest absolute Gasteiger partial charge is 0.392 e. The lowest BCUT2D eigenvalue weighted by Gasteiger charge is -2.38. The fraction of sp³-hybridized carbons (Fsp3) is 0.600. The van der Waals surface area contributed by atoms with Crippen LogP contribution in [-0.2, 0) is 16.6 Å². The van der Waals surface area contributed by atoms with Crippen molar-refractivity contribution in [3.05, 3.63) is 27.7 Å². The van der Waals surface area contributed by atoms with Gasteiger partial charge in [0.25, 0.3) is 0 Å². The summed E-state index contributed by atoms with van der Waals surface area (Å²) in [5.74, 6) is 0. The molecule has 0 amide bonds. The van der Waals surface area contributed by atoms with Crippen LogP contribution in [0.4, 0.5) is 0 Å². The molecule has 0 saturated carbocycles. The number of aliphatic hydroxyl groups is 1. The normalized spacial score (nSPS) is 24.2. The van der Waals surface area contributed by atoms with Crippen molar-refractivity contribution in [2.24, 2.45) is 0 Å². The Balaban J connectivity index is 2.55. The maximum Gasteiger partial charge on any atom is 0.244 e. The first kappa shape index (κ1) is 16.9. The number of aliphatic hydroxyl groups excluding tert-OH is 1. The second-order valence-electron chi connectivity index (χ2n) is 5.85. The van der Waals surface area contributed by atoms with Gasteiger partial charge >= 0.3 is 0 Å². The monoisotopic (exact) mass is 375 g/mol. The summed E-state index contributed by atoms with van der Waals surface area (Å²) in [6.07, 6.45) is 2.84. The van der Waals surface area contributed by atoms with E-state index in [1.807, 2.05) is 20.8 Å². The molecule has 0 bridgehead atoms. The summed E-state index contributed by atoms with van der Waals surface area (Å²) in [5, 5.41) is 9.33. The van der Waals surface area contributed by atoms with E-state index in [0.29, 0.717) is 10.0 Å². The second-order valence-corrected chi connectivity index (χ2v) is 8.45. The predicted molar refractivity (Wildman–Crippen MR) is 86.6 cm³/mol. The molecular weight excluding hydrogens is 354 g/mol. The third kappa shape index (κ3) is 3.18. The number of halogens is 1. The van der Waals surface area contributed by atoms with Crippen LogP contribution in [0.25, 0.3) is 0 Å². The molecule has 0 radical (unpaired) electrons. The van der Waals surface area contributed by atoms with Crippen LogP contribution in [0, 0.1) is 6.92 Å². The fourth-order valence-electron chi connectivity index (χ4n) is 3.07. The average Bonchev–Trinajstić information content (AvgIpc) is 2.41. The Morgan fingerprint density at radius 1 is 1.29 bits per heavy atom. The van der Waals surface area contributed by atoms with Gasteiger partial charge in [0.2, 0.25) is 10.0 Å². The lowest BCUT2D eigenvalue weighted by Crippen LogP contribution is -2.47. The Bertz CT molecular complexity index is 620. The Hall–Kier alpha value is -0.430. The summed E-state index contributed by atoms with van der Waals surface area (Å²) >= 11 is 3.40. The van der Waals surface area contributed by atoms with E-state index >= 15 is 0 Å². The summed E-state index contributed by atoms with van der Waals surface area (Å²) in [6.45, 7) is 5.60. The topological polar surface area (TPSA) is 57.6 Å². The van der Waals surface area contributed by atoms with Crippen molar-refractivity contribution < 1.29 is 13.5 Å². The molecule has 2 rings (SSSR count). The molecule has 1 aliphatic rings. The zero-order valence-electron chi connectivity index (χ0n) is 12.6. The van der Waals surface area contributed by atoms with Gasteiger partial charge < -0.3 is 5.11 Å². The maximum atomic E-state index is 13.1. The molecule has 1 aromatic rings. The number of nitrogens with zero attached hydrogens (tertiary/aromatic N) is 1. The van der Waals surface area contributed by atoms with Crippen molar-refractivity contribution in [1.82, 2.24) is 4.31 Å². The molecule has 1 aliphatic heterocycles. The van der Waals surface area contributed by atoms with E-state index in [0.717, 1.165) is 24.8 Å². The highest BCUT2D eigenvalue weighted by atomic mass is 79.9. The second kappa shape index (κ2) is 6.36. The maximum absolute atomic E-state index is 13.1. The van der Waals surface area contributed by atoms with E-state index in [9.17, 15) is 13.5 Å². The standard InChI is InChI=1S/C15H22BrNO3S/c1-10-7-13(9-18)8-14(15(10)16)21(19,20)17-11(2)5-4-6-12(17)3/h7-8,11-12,18H,4-6,9H2,1-3H3. The fourth-order valence-corrected chi connectivity index (χ4v) is 5.99. The first-order chi connectivity index (χ1) is 9.78. The molecule has 0 aliphatic carbocycles. The molecule has 1 heterocycles. The van der Waals surface area contributed by atoms with Crippen molar-refractivity contribution >= 4 is 26.0 Å². The van der Waals surface area contributed by atoms with Crippen molar-refractivity contribution in [3.8, 4) is 0 Å². The molecule has 1 fully saturated rings. The van der Waals surface area contributed by atoms with Crippen LogP contribution in [-0.4, -0.2) is 29.9 Å². The van der Waals surface area contributed by atoms with Crippen LogP contribution < -0.4 is 0 Å². The van der Waals surface area contributed by atoms with Gasteiger partial charge in [0.15, 0.2) is 0 Å². The summed E-state index contributed by atoms with van der Waals surface area (Å²) in [4.78, 5) is 0.257. The van der Waals surface area contributed by atoms with E-state index in [2.05, 4.69) is 15.9 Å². The minimum absolute atomic E-state index is 0.00346. The van der Waals surface area contributed by atoms with Gasteiger partial charge in [0.05, 0.1) is 11.5 Å². The van der Waals surface area contributed by atoms with Gasteiger partial charge in [0.1, 0.15) is 0 Å². The van der Waals surface area contributed by atoms with Gasteiger partial charge in [-0.1, -0.05) is 12.5 Å². The molecule has 21 heavy (non-hydrogen) atoms. The van der Waals surface area contributed by atoms with Crippen LogP contribution in [0.2, 0.25) is 0 Å². The highest BCUT2D eigenvalue weighted by molar-refractivity contribution is 9.10. The summed E-state index contributed by atoms with van der Waals surface area (Å²) < 4.78 is 28.3. The number of hydrogen-bond donors (Lipinski definition) is 1. The zero-order valence-corrected chi connectivity index (χ0v) is 15.0. The minimum atomic E-state index is -3.57. The molecule has 6 heteroatoms. The molecule has 0 aromatic heterocycles. The van der Waals surface area contributed by atoms with E-state index < -0.39 is 10.0 Å². The highest BCUT2D eigenvalue weighted by Gasteiger charge is 2.37. The molecule has 4 nitrogen and oxygen atoms in total. The third-order valence-corrected chi connectivity index (χ3v) is 7.60. The molecule has 118 valence electrons. The third-order valence-electron chi connectivity index (χ3n) is 4.13. The first-order valence-corrected chi connectivity index (χ1v) is 9.45. The van der Waals surface area contributed by atoms with E-state index in [4.69, 9.17) is 0 Å². The summed E-state index contributed by atoms with van der Waals surface area (Å²) in [7, 11) is -3.57. The van der Waals surface area contributed by atoms with Crippen LogP contribution in [0.5, 0.6) is 0 Å². The van der Waals surface area contributed by atoms with Crippen LogP contribution in [0.15, 0.2) is 21.5 Å². The van der Waals surface area contributed by atoms with Gasteiger partial charge in [-0.25, -0.2) is 8.42 Å². The highest BCUT2D eigenvalue weighted by Crippen LogP contribution is 2.34. The van der Waals surface area contributed by atoms with Crippen molar-refractivity contribution in [1.29, 1.82) is 0 Å². The molecule has 1 N–H and O–H groups in total. The van der Waals surface area contributed by atoms with Crippen molar-refractivity contribution in [2.75, 3.05) is 0 Å². The first-order valence-electron chi connectivity index (χ1n) is 7.22. The average molecular weight is 376 g/mol. The van der Waals surface area contributed by atoms with Crippen LogP contribution in [0.1, 0.15) is 44.2 Å². The lowest BCUT2D eigenvalue weighted by molar-refractivity contribution is 0.204. The molecule has 2 atom stereocenters. The Labute approximate surface area is 135 Å². The number of hydrogen-bond acceptors (Lipinski definition) is 3. The van der Waals surface area contributed by atoms with Crippen molar-refractivity contribution in [2.45, 2.75) is 63.6 Å². The van der Waals surface area contributed by atoms with E-state index in [-0.39, 0.29) is 23.6 Å². The summed E-state index contributed by atoms with van der Waals surface area (Å²) in [6, 6.07) is 3.37. The number of benzene rings is 1. The summed E-state index contributed by atoms with van der Waals surface area (Å²) in [5.41, 5.74) is 1.43. The molecule has 1 saturated heterocycles.